The Hall–Kier alpha value is -2.81. The van der Waals surface area contributed by atoms with Crippen molar-refractivity contribution < 1.29 is 14.2 Å². The molecule has 5 rings (SSSR count). The predicted octanol–water partition coefficient (Wildman–Crippen LogP) is 2.97. The summed E-state index contributed by atoms with van der Waals surface area (Å²) in [5.41, 5.74) is 2.85. The number of para-hydroxylation sites is 1. The second-order valence-electron chi connectivity index (χ2n) is 8.14. The molecule has 1 fully saturated rings. The van der Waals surface area contributed by atoms with Crippen LogP contribution in [0.3, 0.4) is 0 Å². The summed E-state index contributed by atoms with van der Waals surface area (Å²) in [7, 11) is 1.67. The number of hydrogen-bond acceptors (Lipinski definition) is 8. The van der Waals surface area contributed by atoms with E-state index in [2.05, 4.69) is 31.2 Å². The van der Waals surface area contributed by atoms with Crippen LogP contribution >= 0.6 is 11.6 Å². The zero-order valence-corrected chi connectivity index (χ0v) is 19.5. The molecule has 0 radical (unpaired) electrons. The second kappa shape index (κ2) is 9.99. The Labute approximate surface area is 198 Å². The minimum Gasteiger partial charge on any atom is -0.494 e. The average Bonchev–Trinajstić information content (AvgIpc) is 2.86. The molecule has 0 spiro atoms. The van der Waals surface area contributed by atoms with Crippen LogP contribution in [-0.2, 0) is 6.54 Å². The molecule has 174 valence electrons. The lowest BCUT2D eigenvalue weighted by Gasteiger charge is -2.37. The second-order valence-corrected chi connectivity index (χ2v) is 8.54. The first kappa shape index (κ1) is 22.0. The molecule has 2 aliphatic heterocycles. The molecule has 9 heteroatoms. The van der Waals surface area contributed by atoms with Gasteiger partial charge in [-0.15, -0.1) is 0 Å². The lowest BCUT2D eigenvalue weighted by Crippen LogP contribution is -2.48. The van der Waals surface area contributed by atoms with Crippen molar-refractivity contribution in [1.82, 2.24) is 20.2 Å². The van der Waals surface area contributed by atoms with E-state index in [9.17, 15) is 0 Å². The predicted molar refractivity (Wildman–Crippen MR) is 129 cm³/mol. The highest BCUT2D eigenvalue weighted by molar-refractivity contribution is 6.34. The maximum atomic E-state index is 6.58. The summed E-state index contributed by atoms with van der Waals surface area (Å²) in [6.07, 6.45) is 3.47. The topological polar surface area (TPSA) is 72.0 Å². The molecule has 2 aromatic heterocycles. The monoisotopic (exact) mass is 469 g/mol. The summed E-state index contributed by atoms with van der Waals surface area (Å²) < 4.78 is 16.6. The minimum atomic E-state index is 0.581. The highest BCUT2D eigenvalue weighted by Crippen LogP contribution is 2.36. The number of ether oxygens (including phenoxy) is 3. The van der Waals surface area contributed by atoms with E-state index in [1.807, 2.05) is 18.2 Å². The number of rotatable bonds is 7. The molecule has 2 aliphatic rings. The van der Waals surface area contributed by atoms with Gasteiger partial charge in [-0.1, -0.05) is 23.7 Å². The number of methoxy groups -OCH3 is 1. The van der Waals surface area contributed by atoms with Crippen LogP contribution in [0, 0.1) is 0 Å². The molecule has 1 N–H and O–H groups in total. The molecular weight excluding hydrogens is 442 g/mol. The Morgan fingerprint density at radius 1 is 1.06 bits per heavy atom. The average molecular weight is 470 g/mol. The molecule has 0 amide bonds. The number of hydrogen-bond donors (Lipinski definition) is 1. The van der Waals surface area contributed by atoms with E-state index in [-0.39, 0.29) is 0 Å². The number of anilines is 1. The molecule has 3 aromatic rings. The largest absolute Gasteiger partial charge is 0.494 e. The summed E-state index contributed by atoms with van der Waals surface area (Å²) in [5, 5.41) is 5.20. The molecule has 4 heterocycles. The lowest BCUT2D eigenvalue weighted by atomic mass is 10.1. The summed E-state index contributed by atoms with van der Waals surface area (Å²) in [5.74, 6) is 2.27. The van der Waals surface area contributed by atoms with Crippen molar-refractivity contribution in [2.75, 3.05) is 64.5 Å². The molecule has 0 aliphatic carbocycles. The molecule has 8 nitrogen and oxygen atoms in total. The highest BCUT2D eigenvalue weighted by Gasteiger charge is 2.22. The maximum absolute atomic E-state index is 6.58. The Bertz CT molecular complexity index is 1120. The van der Waals surface area contributed by atoms with Crippen molar-refractivity contribution in [2.45, 2.75) is 6.54 Å². The normalized spacial score (nSPS) is 16.2. The van der Waals surface area contributed by atoms with Gasteiger partial charge in [-0.2, -0.15) is 0 Å². The van der Waals surface area contributed by atoms with Gasteiger partial charge in [-0.25, -0.2) is 0 Å². The van der Waals surface area contributed by atoms with E-state index in [0.29, 0.717) is 24.8 Å². The van der Waals surface area contributed by atoms with Gasteiger partial charge in [0, 0.05) is 63.5 Å². The van der Waals surface area contributed by atoms with Crippen molar-refractivity contribution in [3.05, 3.63) is 47.4 Å². The Morgan fingerprint density at radius 2 is 1.88 bits per heavy atom. The standard InChI is InChI=1S/C24H28ClN5O3/c1-31-20-4-2-3-18-23(20)28-15-19(25)24(18)30-9-7-29(8-10-30)6-5-26-14-17-13-21-22(16-27-17)33-12-11-32-21/h2-4,13,15-16,26H,5-12,14H2,1H3. The quantitative estimate of drug-likeness (QED) is 0.529. The lowest BCUT2D eigenvalue weighted by molar-refractivity contribution is 0.170. The first-order valence-electron chi connectivity index (χ1n) is 11.3. The summed E-state index contributed by atoms with van der Waals surface area (Å²) in [6.45, 7) is 7.54. The number of fused-ring (bicyclic) bond motifs is 2. The fraction of sp³-hybridized carbons (Fsp3) is 0.417. The Morgan fingerprint density at radius 3 is 2.70 bits per heavy atom. The molecule has 0 bridgehead atoms. The zero-order chi connectivity index (χ0) is 22.6. The smallest absolute Gasteiger partial charge is 0.179 e. The van der Waals surface area contributed by atoms with Gasteiger partial charge in [-0.3, -0.25) is 14.9 Å². The van der Waals surface area contributed by atoms with Gasteiger partial charge >= 0.3 is 0 Å². The number of piperazine rings is 1. The van der Waals surface area contributed by atoms with Gasteiger partial charge in [0.15, 0.2) is 11.5 Å². The molecule has 33 heavy (non-hydrogen) atoms. The number of halogens is 1. The van der Waals surface area contributed by atoms with E-state index in [0.717, 1.165) is 78.8 Å². The summed E-state index contributed by atoms with van der Waals surface area (Å²) >= 11 is 6.58. The van der Waals surface area contributed by atoms with Crippen molar-refractivity contribution >= 4 is 28.2 Å². The third-order valence-electron chi connectivity index (χ3n) is 6.09. The molecule has 1 aromatic carbocycles. The SMILES string of the molecule is COc1cccc2c(N3CCN(CCNCc4cc5c(cn4)OCCO5)CC3)c(Cl)cnc12. The molecular formula is C24H28ClN5O3. The third kappa shape index (κ3) is 4.78. The molecule has 0 atom stereocenters. The number of nitrogens with zero attached hydrogens (tertiary/aromatic N) is 4. The number of benzene rings is 1. The van der Waals surface area contributed by atoms with E-state index in [1.165, 1.54) is 0 Å². The van der Waals surface area contributed by atoms with Crippen LogP contribution in [0.2, 0.25) is 5.02 Å². The number of aromatic nitrogens is 2. The zero-order valence-electron chi connectivity index (χ0n) is 18.7. The van der Waals surface area contributed by atoms with Crippen LogP contribution < -0.4 is 24.4 Å². The molecule has 1 saturated heterocycles. The van der Waals surface area contributed by atoms with Crippen LogP contribution in [0.15, 0.2) is 36.7 Å². The third-order valence-corrected chi connectivity index (χ3v) is 6.37. The van der Waals surface area contributed by atoms with Gasteiger partial charge in [0.1, 0.15) is 24.5 Å². The van der Waals surface area contributed by atoms with Crippen molar-refractivity contribution in [3.8, 4) is 17.2 Å². The van der Waals surface area contributed by atoms with Gasteiger partial charge in [0.25, 0.3) is 0 Å². The van der Waals surface area contributed by atoms with E-state index in [4.69, 9.17) is 25.8 Å². The fourth-order valence-electron chi connectivity index (χ4n) is 4.38. The van der Waals surface area contributed by atoms with Crippen molar-refractivity contribution in [2.24, 2.45) is 0 Å². The minimum absolute atomic E-state index is 0.581. The van der Waals surface area contributed by atoms with Gasteiger partial charge in [0.2, 0.25) is 0 Å². The van der Waals surface area contributed by atoms with Crippen molar-refractivity contribution in [3.63, 3.8) is 0 Å². The van der Waals surface area contributed by atoms with Gasteiger partial charge < -0.3 is 24.4 Å². The summed E-state index contributed by atoms with van der Waals surface area (Å²) in [4.78, 5) is 13.8. The summed E-state index contributed by atoms with van der Waals surface area (Å²) in [6, 6.07) is 7.94. The van der Waals surface area contributed by atoms with Gasteiger partial charge in [0.05, 0.1) is 29.7 Å². The van der Waals surface area contributed by atoms with E-state index in [1.54, 1.807) is 19.5 Å². The van der Waals surface area contributed by atoms with Gasteiger partial charge in [-0.05, 0) is 6.07 Å². The Balaban J connectivity index is 1.13. The van der Waals surface area contributed by atoms with Crippen molar-refractivity contribution in [1.29, 1.82) is 0 Å². The van der Waals surface area contributed by atoms with Crippen LogP contribution in [0.1, 0.15) is 5.69 Å². The van der Waals surface area contributed by atoms with Crippen LogP contribution in [0.4, 0.5) is 5.69 Å². The number of nitrogens with one attached hydrogen (secondary N) is 1. The van der Waals surface area contributed by atoms with Crippen LogP contribution in [-0.4, -0.2) is 74.5 Å². The highest BCUT2D eigenvalue weighted by atomic mass is 35.5. The first-order chi connectivity index (χ1) is 16.2. The molecule has 0 saturated carbocycles. The maximum Gasteiger partial charge on any atom is 0.179 e. The fourth-order valence-corrected chi connectivity index (χ4v) is 4.65. The van der Waals surface area contributed by atoms with Crippen LogP contribution in [0.25, 0.3) is 10.9 Å². The van der Waals surface area contributed by atoms with E-state index < -0.39 is 0 Å². The number of pyridine rings is 2. The molecule has 0 unspecified atom stereocenters. The Kier molecular flexibility index (Phi) is 6.66. The van der Waals surface area contributed by atoms with E-state index >= 15 is 0 Å². The first-order valence-corrected chi connectivity index (χ1v) is 11.6. The van der Waals surface area contributed by atoms with Crippen LogP contribution in [0.5, 0.6) is 17.2 Å².